The summed E-state index contributed by atoms with van der Waals surface area (Å²) in [5.74, 6) is -0.863. The van der Waals surface area contributed by atoms with Gasteiger partial charge in [-0.25, -0.2) is 4.79 Å². The van der Waals surface area contributed by atoms with Gasteiger partial charge in [0.05, 0.1) is 6.54 Å². The number of Topliss-reactive ketones (excluding diaryl/α,β-unsaturated/α-hetero) is 1. The van der Waals surface area contributed by atoms with Crippen molar-refractivity contribution in [3.8, 4) is 5.75 Å². The summed E-state index contributed by atoms with van der Waals surface area (Å²) in [4.78, 5) is 38.5. The Labute approximate surface area is 149 Å². The quantitative estimate of drug-likeness (QED) is 0.642. The maximum absolute atomic E-state index is 12.8. The van der Waals surface area contributed by atoms with E-state index in [1.165, 1.54) is 24.3 Å². The van der Waals surface area contributed by atoms with Crippen LogP contribution in [-0.4, -0.2) is 41.3 Å². The fraction of sp³-hybridized carbons (Fsp3) is 0.500. The smallest absolute Gasteiger partial charge is 0.387 e. The van der Waals surface area contributed by atoms with Gasteiger partial charge in [0.1, 0.15) is 11.3 Å². The van der Waals surface area contributed by atoms with E-state index >= 15 is 0 Å². The van der Waals surface area contributed by atoms with Gasteiger partial charge in [-0.05, 0) is 43.0 Å². The number of carbonyl (C=O) groups excluding carboxylic acids is 3. The first-order valence-corrected chi connectivity index (χ1v) is 8.55. The van der Waals surface area contributed by atoms with Crippen molar-refractivity contribution >= 4 is 17.7 Å². The molecule has 2 atom stereocenters. The van der Waals surface area contributed by atoms with Crippen molar-refractivity contribution in [3.05, 3.63) is 29.8 Å². The lowest BCUT2D eigenvalue weighted by molar-refractivity contribution is -0.133. The second-order valence-corrected chi connectivity index (χ2v) is 6.77. The molecular formula is C18H20F2N2O4. The number of amides is 3. The molecule has 2 aliphatic rings. The highest BCUT2D eigenvalue weighted by atomic mass is 19.3. The highest BCUT2D eigenvalue weighted by Gasteiger charge is 2.55. The van der Waals surface area contributed by atoms with Crippen molar-refractivity contribution < 1.29 is 27.9 Å². The maximum atomic E-state index is 12.8. The third-order valence-electron chi connectivity index (χ3n) is 5.20. The summed E-state index contributed by atoms with van der Waals surface area (Å²) in [6, 6.07) is 4.59. The molecule has 26 heavy (non-hydrogen) atoms. The van der Waals surface area contributed by atoms with Gasteiger partial charge in [0.25, 0.3) is 5.91 Å². The number of nitrogens with one attached hydrogen (secondary N) is 1. The Kier molecular flexibility index (Phi) is 4.93. The Bertz CT molecular complexity index is 722. The van der Waals surface area contributed by atoms with Crippen LogP contribution in [0.4, 0.5) is 13.6 Å². The number of ketones is 1. The zero-order valence-electron chi connectivity index (χ0n) is 14.3. The molecule has 1 aliphatic heterocycles. The lowest BCUT2D eigenvalue weighted by Gasteiger charge is -2.36. The molecule has 2 fully saturated rings. The summed E-state index contributed by atoms with van der Waals surface area (Å²) in [7, 11) is 0. The van der Waals surface area contributed by atoms with Gasteiger partial charge >= 0.3 is 12.6 Å². The largest absolute Gasteiger partial charge is 0.435 e. The van der Waals surface area contributed by atoms with Crippen LogP contribution in [0.5, 0.6) is 5.75 Å². The third-order valence-corrected chi connectivity index (χ3v) is 5.20. The zero-order chi connectivity index (χ0) is 18.9. The molecule has 1 saturated heterocycles. The van der Waals surface area contributed by atoms with E-state index in [4.69, 9.17) is 0 Å². The van der Waals surface area contributed by atoms with Gasteiger partial charge in [-0.1, -0.05) is 19.8 Å². The first kappa shape index (κ1) is 18.3. The average Bonchev–Trinajstić information content (AvgIpc) is 2.83. The van der Waals surface area contributed by atoms with Gasteiger partial charge < -0.3 is 10.1 Å². The van der Waals surface area contributed by atoms with Gasteiger partial charge in [0.15, 0.2) is 5.78 Å². The Balaban J connectivity index is 1.71. The van der Waals surface area contributed by atoms with Gasteiger partial charge in [0, 0.05) is 5.56 Å². The molecule has 6 nitrogen and oxygen atoms in total. The second-order valence-electron chi connectivity index (χ2n) is 6.77. The van der Waals surface area contributed by atoms with E-state index in [0.717, 1.165) is 24.2 Å². The van der Waals surface area contributed by atoms with E-state index in [9.17, 15) is 23.2 Å². The molecule has 8 heteroatoms. The number of imide groups is 1. The van der Waals surface area contributed by atoms with E-state index in [-0.39, 0.29) is 29.7 Å². The van der Waals surface area contributed by atoms with Crippen molar-refractivity contribution in [2.45, 2.75) is 44.8 Å². The summed E-state index contributed by atoms with van der Waals surface area (Å²) in [6.45, 7) is -1.39. The van der Waals surface area contributed by atoms with Gasteiger partial charge in [-0.15, -0.1) is 0 Å². The summed E-state index contributed by atoms with van der Waals surface area (Å²) in [5.41, 5.74) is -0.699. The molecule has 0 aromatic heterocycles. The molecule has 3 rings (SSSR count). The predicted octanol–water partition coefficient (Wildman–Crippen LogP) is 2.97. The number of hydrogen-bond donors (Lipinski definition) is 1. The van der Waals surface area contributed by atoms with E-state index in [2.05, 4.69) is 10.1 Å². The molecule has 1 spiro atoms. The molecular weight excluding hydrogens is 346 g/mol. The topological polar surface area (TPSA) is 75.7 Å². The summed E-state index contributed by atoms with van der Waals surface area (Å²) < 4.78 is 28.6. The maximum Gasteiger partial charge on any atom is 0.387 e. The Morgan fingerprint density at radius 1 is 1.31 bits per heavy atom. The number of urea groups is 1. The van der Waals surface area contributed by atoms with Crippen LogP contribution in [-0.2, 0) is 4.79 Å². The number of halogens is 2. The minimum absolute atomic E-state index is 0.0126. The molecule has 3 amide bonds. The van der Waals surface area contributed by atoms with E-state index < -0.39 is 24.0 Å². The van der Waals surface area contributed by atoms with Crippen LogP contribution in [0.15, 0.2) is 24.3 Å². The molecule has 1 aliphatic carbocycles. The third kappa shape index (κ3) is 3.27. The Morgan fingerprint density at radius 2 is 2.00 bits per heavy atom. The number of carbonyl (C=O) groups is 3. The van der Waals surface area contributed by atoms with E-state index in [0.29, 0.717) is 6.42 Å². The van der Waals surface area contributed by atoms with Gasteiger partial charge in [-0.2, -0.15) is 8.78 Å². The molecule has 140 valence electrons. The molecule has 0 radical (unpaired) electrons. The standard InChI is InChI=1S/C18H20F2N2O4/c1-11-4-2-3-9-18(11)15(24)22(17(25)21-18)10-14(23)12-5-7-13(8-6-12)26-16(19)20/h5-8,11,16H,2-4,9-10H2,1H3,(H,21,25)/t11-,18-/m1/s1. The number of benzene rings is 1. The summed E-state index contributed by atoms with van der Waals surface area (Å²) in [5, 5.41) is 2.79. The average molecular weight is 366 g/mol. The van der Waals surface area contributed by atoms with Crippen LogP contribution < -0.4 is 10.1 Å². The van der Waals surface area contributed by atoms with Crippen molar-refractivity contribution in [3.63, 3.8) is 0 Å². The number of ether oxygens (including phenoxy) is 1. The minimum Gasteiger partial charge on any atom is -0.435 e. The molecule has 1 aromatic rings. The molecule has 0 unspecified atom stereocenters. The monoisotopic (exact) mass is 366 g/mol. The van der Waals surface area contributed by atoms with Crippen molar-refractivity contribution in [2.75, 3.05) is 6.54 Å². The molecule has 1 heterocycles. The number of alkyl halides is 2. The first-order valence-electron chi connectivity index (χ1n) is 8.55. The second kappa shape index (κ2) is 7.01. The lowest BCUT2D eigenvalue weighted by atomic mass is 9.73. The number of nitrogens with zero attached hydrogens (tertiary/aromatic N) is 1. The molecule has 0 bridgehead atoms. The molecule has 1 N–H and O–H groups in total. The van der Waals surface area contributed by atoms with Crippen LogP contribution in [0, 0.1) is 5.92 Å². The SMILES string of the molecule is C[C@@H]1CCCC[C@@]12NC(=O)N(CC(=O)c1ccc(OC(F)F)cc1)C2=O. The number of rotatable bonds is 5. The highest BCUT2D eigenvalue weighted by Crippen LogP contribution is 2.38. The molecule has 1 saturated carbocycles. The lowest BCUT2D eigenvalue weighted by Crippen LogP contribution is -2.54. The summed E-state index contributed by atoms with van der Waals surface area (Å²) in [6.07, 6.45) is 3.28. The Morgan fingerprint density at radius 3 is 2.62 bits per heavy atom. The van der Waals surface area contributed by atoms with Crippen molar-refractivity contribution in [1.82, 2.24) is 10.2 Å². The van der Waals surface area contributed by atoms with Crippen LogP contribution in [0.3, 0.4) is 0 Å². The first-order chi connectivity index (χ1) is 12.3. The fourth-order valence-corrected chi connectivity index (χ4v) is 3.70. The highest BCUT2D eigenvalue weighted by molar-refractivity contribution is 6.11. The van der Waals surface area contributed by atoms with E-state index in [1.807, 2.05) is 6.92 Å². The van der Waals surface area contributed by atoms with Crippen LogP contribution in [0.2, 0.25) is 0 Å². The number of hydrogen-bond acceptors (Lipinski definition) is 4. The van der Waals surface area contributed by atoms with Crippen molar-refractivity contribution in [2.24, 2.45) is 5.92 Å². The van der Waals surface area contributed by atoms with E-state index in [1.54, 1.807) is 0 Å². The van der Waals surface area contributed by atoms with Gasteiger partial charge in [0.2, 0.25) is 0 Å². The fourth-order valence-electron chi connectivity index (χ4n) is 3.70. The van der Waals surface area contributed by atoms with Crippen LogP contribution in [0.1, 0.15) is 43.0 Å². The van der Waals surface area contributed by atoms with Gasteiger partial charge in [-0.3, -0.25) is 14.5 Å². The van der Waals surface area contributed by atoms with Crippen LogP contribution in [0.25, 0.3) is 0 Å². The minimum atomic E-state index is -2.95. The zero-order valence-corrected chi connectivity index (χ0v) is 14.3. The van der Waals surface area contributed by atoms with Crippen LogP contribution >= 0.6 is 0 Å². The molecule has 1 aromatic carbocycles. The Hall–Kier alpha value is -2.51. The normalized spacial score (nSPS) is 25.7. The predicted molar refractivity (Wildman–Crippen MR) is 88.0 cm³/mol. The summed E-state index contributed by atoms with van der Waals surface area (Å²) >= 11 is 0. The van der Waals surface area contributed by atoms with Crippen molar-refractivity contribution in [1.29, 1.82) is 0 Å².